The van der Waals surface area contributed by atoms with E-state index in [0.29, 0.717) is 0 Å². The van der Waals surface area contributed by atoms with Crippen LogP contribution in [0, 0.1) is 0 Å². The smallest absolute Gasteiger partial charge is 0.178 e. The molecule has 1 rings (SSSR count). The highest BCUT2D eigenvalue weighted by Gasteiger charge is 2.02. The largest absolute Gasteiger partial charge is 0.290 e. The van der Waals surface area contributed by atoms with Gasteiger partial charge in [-0.25, -0.2) is 0 Å². The summed E-state index contributed by atoms with van der Waals surface area (Å²) in [5, 5.41) is 10.5. The van der Waals surface area contributed by atoms with Gasteiger partial charge in [-0.3, -0.25) is 15.1 Å². The van der Waals surface area contributed by atoms with E-state index in [9.17, 15) is 10.0 Å². The molecule has 78 valence electrons. The predicted octanol–water partition coefficient (Wildman–Crippen LogP) is 2.30. The average Bonchev–Trinajstić information content (AvgIpc) is 2.08. The van der Waals surface area contributed by atoms with Crippen molar-refractivity contribution >= 4 is 5.78 Å². The molecule has 3 nitrogen and oxygen atoms in total. The molecule has 0 unspecified atom stereocenters. The Morgan fingerprint density at radius 3 is 2.21 bits per heavy atom. The van der Waals surface area contributed by atoms with Crippen LogP contribution in [0.4, 0.5) is 0 Å². The van der Waals surface area contributed by atoms with Crippen LogP contribution in [0.2, 0.25) is 0 Å². The minimum atomic E-state index is -0.0220. The lowest BCUT2D eigenvalue weighted by Crippen LogP contribution is -2.21. The summed E-state index contributed by atoms with van der Waals surface area (Å²) in [6.45, 7) is 3.75. The fraction of sp³-hybridized carbons (Fsp3) is 0.364. The molecule has 0 heterocycles. The van der Waals surface area contributed by atoms with Gasteiger partial charge in [0.25, 0.3) is 0 Å². The molecular formula is C11H17NO2. The molecule has 0 aromatic rings. The zero-order valence-electron chi connectivity index (χ0n) is 7.77. The van der Waals surface area contributed by atoms with Gasteiger partial charge in [0.1, 0.15) is 0 Å². The number of rotatable bonds is 2. The topological polar surface area (TPSA) is 40.5 Å². The standard InChI is InChI=1S/C10H13NO2.CH4/c1-8(2)11(13)7-9-3-5-10(12)6-4-9;/h3-8,13H,1-2H3;1H4. The Labute approximate surface area is 85.0 Å². The Balaban J connectivity index is 0.00000169. The Bertz CT molecular complexity index is 270. The number of carbonyl (C=O) groups is 1. The Morgan fingerprint density at radius 1 is 1.29 bits per heavy atom. The predicted molar refractivity (Wildman–Crippen MR) is 56.9 cm³/mol. The maximum atomic E-state index is 10.8. The van der Waals surface area contributed by atoms with Crippen LogP contribution in [0.25, 0.3) is 0 Å². The summed E-state index contributed by atoms with van der Waals surface area (Å²) in [6.07, 6.45) is 7.88. The Morgan fingerprint density at radius 2 is 1.79 bits per heavy atom. The van der Waals surface area contributed by atoms with Crippen LogP contribution in [-0.2, 0) is 4.79 Å². The summed E-state index contributed by atoms with van der Waals surface area (Å²) < 4.78 is 0. The van der Waals surface area contributed by atoms with Crippen molar-refractivity contribution in [1.29, 1.82) is 0 Å². The van der Waals surface area contributed by atoms with E-state index in [4.69, 9.17) is 0 Å². The second-order valence-electron chi connectivity index (χ2n) is 3.17. The third-order valence-electron chi connectivity index (χ3n) is 1.69. The molecule has 3 heteroatoms. The highest BCUT2D eigenvalue weighted by atomic mass is 16.5. The van der Waals surface area contributed by atoms with Crippen LogP contribution >= 0.6 is 0 Å². The minimum absolute atomic E-state index is 0. The van der Waals surface area contributed by atoms with Gasteiger partial charge in [-0.2, -0.15) is 0 Å². The molecule has 0 spiro atoms. The first-order valence-corrected chi connectivity index (χ1v) is 4.19. The van der Waals surface area contributed by atoms with Gasteiger partial charge < -0.3 is 0 Å². The zero-order chi connectivity index (χ0) is 9.84. The SMILES string of the molecule is C.CC(C)N(O)C=C1C=CC(=O)C=C1. The maximum Gasteiger partial charge on any atom is 0.178 e. The average molecular weight is 195 g/mol. The highest BCUT2D eigenvalue weighted by Crippen LogP contribution is 2.07. The number of hydrogen-bond donors (Lipinski definition) is 1. The molecule has 1 N–H and O–H groups in total. The van der Waals surface area contributed by atoms with Gasteiger partial charge in [0.2, 0.25) is 0 Å². The number of hydrogen-bond acceptors (Lipinski definition) is 3. The van der Waals surface area contributed by atoms with Gasteiger partial charge in [0.15, 0.2) is 5.78 Å². The molecule has 1 aliphatic carbocycles. The molecule has 0 radical (unpaired) electrons. The fourth-order valence-corrected chi connectivity index (χ4v) is 0.856. The van der Waals surface area contributed by atoms with Gasteiger partial charge in [-0.05, 0) is 43.7 Å². The minimum Gasteiger partial charge on any atom is -0.290 e. The normalized spacial score (nSPS) is 14.3. The van der Waals surface area contributed by atoms with Gasteiger partial charge in [-0.15, -0.1) is 0 Å². The van der Waals surface area contributed by atoms with Crippen LogP contribution in [0.5, 0.6) is 0 Å². The summed E-state index contributed by atoms with van der Waals surface area (Å²) in [5.41, 5.74) is 0.816. The summed E-state index contributed by atoms with van der Waals surface area (Å²) in [4.78, 5) is 10.8. The fourth-order valence-electron chi connectivity index (χ4n) is 0.856. The third-order valence-corrected chi connectivity index (χ3v) is 1.69. The number of hydroxylamine groups is 2. The monoisotopic (exact) mass is 195 g/mol. The first-order chi connectivity index (χ1) is 6.09. The van der Waals surface area contributed by atoms with Crippen molar-refractivity contribution in [1.82, 2.24) is 5.06 Å². The summed E-state index contributed by atoms with van der Waals surface area (Å²) in [5.74, 6) is -0.0220. The summed E-state index contributed by atoms with van der Waals surface area (Å²) >= 11 is 0. The molecule has 1 aliphatic rings. The zero-order valence-corrected chi connectivity index (χ0v) is 7.77. The molecule has 0 bridgehead atoms. The second-order valence-corrected chi connectivity index (χ2v) is 3.17. The maximum absolute atomic E-state index is 10.8. The van der Waals surface area contributed by atoms with E-state index >= 15 is 0 Å². The van der Waals surface area contributed by atoms with Crippen LogP contribution < -0.4 is 0 Å². The Kier molecular flexibility index (Phi) is 4.87. The van der Waals surface area contributed by atoms with Crippen LogP contribution in [0.1, 0.15) is 21.3 Å². The molecule has 0 saturated heterocycles. The lowest BCUT2D eigenvalue weighted by atomic mass is 10.1. The Hall–Kier alpha value is -1.35. The first kappa shape index (κ1) is 12.7. The van der Waals surface area contributed by atoms with E-state index in [1.165, 1.54) is 12.2 Å². The van der Waals surface area contributed by atoms with Crippen molar-refractivity contribution in [3.8, 4) is 0 Å². The van der Waals surface area contributed by atoms with E-state index in [1.807, 2.05) is 13.8 Å². The number of nitrogens with zero attached hydrogens (tertiary/aromatic N) is 1. The van der Waals surface area contributed by atoms with Crippen molar-refractivity contribution < 1.29 is 10.0 Å². The molecular weight excluding hydrogens is 178 g/mol. The van der Waals surface area contributed by atoms with Crippen LogP contribution in [-0.4, -0.2) is 22.1 Å². The van der Waals surface area contributed by atoms with Gasteiger partial charge in [0.05, 0.1) is 6.04 Å². The lowest BCUT2D eigenvalue weighted by Gasteiger charge is -2.17. The number of carbonyl (C=O) groups excluding carboxylic acids is 1. The van der Waals surface area contributed by atoms with E-state index < -0.39 is 0 Å². The van der Waals surface area contributed by atoms with Crippen LogP contribution in [0.3, 0.4) is 0 Å². The van der Waals surface area contributed by atoms with Crippen molar-refractivity contribution in [3.05, 3.63) is 36.1 Å². The van der Waals surface area contributed by atoms with Gasteiger partial charge >= 0.3 is 0 Å². The molecule has 0 amide bonds. The molecule has 14 heavy (non-hydrogen) atoms. The van der Waals surface area contributed by atoms with Crippen molar-refractivity contribution in [2.24, 2.45) is 0 Å². The molecule has 0 aliphatic heterocycles. The van der Waals surface area contributed by atoms with Gasteiger partial charge in [0, 0.05) is 6.20 Å². The summed E-state index contributed by atoms with van der Waals surface area (Å²) in [6, 6.07) is 0.0342. The quantitative estimate of drug-likeness (QED) is 0.687. The molecule has 0 aromatic carbocycles. The van der Waals surface area contributed by atoms with E-state index in [-0.39, 0.29) is 19.3 Å². The third kappa shape index (κ3) is 3.58. The van der Waals surface area contributed by atoms with E-state index in [2.05, 4.69) is 0 Å². The molecule has 0 atom stereocenters. The molecule has 0 fully saturated rings. The number of allylic oxidation sites excluding steroid dienone is 5. The lowest BCUT2D eigenvalue weighted by molar-refractivity contribution is -0.110. The number of ketones is 1. The highest BCUT2D eigenvalue weighted by molar-refractivity contribution is 6.01. The van der Waals surface area contributed by atoms with Crippen LogP contribution in [0.15, 0.2) is 36.1 Å². The van der Waals surface area contributed by atoms with E-state index in [1.54, 1.807) is 18.4 Å². The molecule has 0 aromatic heterocycles. The second kappa shape index (κ2) is 5.40. The van der Waals surface area contributed by atoms with Crippen molar-refractivity contribution in [2.45, 2.75) is 27.3 Å². The van der Waals surface area contributed by atoms with Crippen molar-refractivity contribution in [2.75, 3.05) is 0 Å². The summed E-state index contributed by atoms with van der Waals surface area (Å²) in [7, 11) is 0. The van der Waals surface area contributed by atoms with Gasteiger partial charge in [-0.1, -0.05) is 7.43 Å². The molecule has 0 saturated carbocycles. The van der Waals surface area contributed by atoms with E-state index in [0.717, 1.165) is 10.6 Å². The van der Waals surface area contributed by atoms with Crippen molar-refractivity contribution in [3.63, 3.8) is 0 Å². The first-order valence-electron chi connectivity index (χ1n) is 4.19.